The first-order valence-corrected chi connectivity index (χ1v) is 3.67. The largest absolute Gasteiger partial charge is 0.452 e. The van der Waals surface area contributed by atoms with Crippen molar-refractivity contribution in [2.45, 2.75) is 0 Å². The lowest BCUT2D eigenvalue weighted by atomic mass is 10.3. The average molecular weight is 179 g/mol. The van der Waals surface area contributed by atoms with Crippen molar-refractivity contribution in [1.82, 2.24) is 5.16 Å². The zero-order chi connectivity index (χ0) is 9.10. The maximum absolute atomic E-state index is 12.7. The lowest BCUT2D eigenvalue weighted by Crippen LogP contribution is -1.82. The van der Waals surface area contributed by atoms with Crippen LogP contribution >= 0.6 is 0 Å². The Morgan fingerprint density at radius 1 is 1.31 bits per heavy atom. The number of halogens is 1. The lowest BCUT2D eigenvalue weighted by molar-refractivity contribution is 0.409. The molecule has 1 aromatic carbocycles. The molecular weight excluding hydrogens is 173 g/mol. The molecule has 13 heavy (non-hydrogen) atoms. The molecule has 0 atom stereocenters. The van der Waals surface area contributed by atoms with Crippen molar-refractivity contribution in [2.75, 3.05) is 0 Å². The molecular formula is C9H6FNO2. The molecule has 3 nitrogen and oxygen atoms in total. The van der Waals surface area contributed by atoms with E-state index < -0.39 is 0 Å². The van der Waals surface area contributed by atoms with Gasteiger partial charge in [-0.2, -0.15) is 0 Å². The zero-order valence-corrected chi connectivity index (χ0v) is 6.61. The van der Waals surface area contributed by atoms with Gasteiger partial charge in [-0.15, -0.1) is 0 Å². The molecule has 0 unspecified atom stereocenters. The fourth-order valence-electron chi connectivity index (χ4n) is 0.912. The molecule has 0 amide bonds. The minimum atomic E-state index is -0.339. The van der Waals surface area contributed by atoms with Crippen molar-refractivity contribution in [3.8, 4) is 11.5 Å². The Morgan fingerprint density at radius 2 is 2.23 bits per heavy atom. The minimum absolute atomic E-state index is 0.339. The third-order valence-corrected chi connectivity index (χ3v) is 1.44. The summed E-state index contributed by atoms with van der Waals surface area (Å²) in [5.41, 5.74) is 0. The van der Waals surface area contributed by atoms with Crippen LogP contribution in [0.15, 0.2) is 41.2 Å². The Kier molecular flexibility index (Phi) is 1.96. The van der Waals surface area contributed by atoms with Gasteiger partial charge in [0, 0.05) is 6.07 Å². The number of nitrogens with zero attached hydrogens (tertiary/aromatic N) is 1. The van der Waals surface area contributed by atoms with Crippen LogP contribution in [0.5, 0.6) is 11.5 Å². The smallest absolute Gasteiger partial charge is 0.186 e. The van der Waals surface area contributed by atoms with Crippen molar-refractivity contribution in [1.29, 1.82) is 0 Å². The second kappa shape index (κ2) is 3.26. The van der Waals surface area contributed by atoms with Crippen LogP contribution in [0.1, 0.15) is 0 Å². The van der Waals surface area contributed by atoms with Crippen LogP contribution in [0.25, 0.3) is 0 Å². The van der Waals surface area contributed by atoms with Gasteiger partial charge in [-0.3, -0.25) is 0 Å². The third kappa shape index (κ3) is 1.84. The summed E-state index contributed by atoms with van der Waals surface area (Å²) in [6, 6.07) is 5.85. The SMILES string of the molecule is Fc1cccc(Oc2cnoc2)c1. The molecule has 0 aliphatic rings. The Balaban J connectivity index is 2.19. The molecule has 0 saturated carbocycles. The highest BCUT2D eigenvalue weighted by Crippen LogP contribution is 2.20. The van der Waals surface area contributed by atoms with Gasteiger partial charge in [-0.1, -0.05) is 11.2 Å². The summed E-state index contributed by atoms with van der Waals surface area (Å²) in [6.45, 7) is 0. The maximum Gasteiger partial charge on any atom is 0.186 e. The van der Waals surface area contributed by atoms with Crippen LogP contribution in [-0.2, 0) is 0 Å². The Labute approximate surface area is 73.7 Å². The lowest BCUT2D eigenvalue weighted by Gasteiger charge is -2.00. The highest BCUT2D eigenvalue weighted by molar-refractivity contribution is 5.27. The van der Waals surface area contributed by atoms with Gasteiger partial charge in [0.05, 0.1) is 0 Å². The normalized spacial score (nSPS) is 9.92. The molecule has 1 heterocycles. The molecule has 0 radical (unpaired) electrons. The number of ether oxygens (including phenoxy) is 1. The van der Waals surface area contributed by atoms with Gasteiger partial charge < -0.3 is 9.26 Å². The predicted molar refractivity (Wildman–Crippen MR) is 43.0 cm³/mol. The Morgan fingerprint density at radius 3 is 2.92 bits per heavy atom. The summed E-state index contributed by atoms with van der Waals surface area (Å²) in [4.78, 5) is 0. The molecule has 0 aliphatic heterocycles. The van der Waals surface area contributed by atoms with E-state index >= 15 is 0 Å². The second-order valence-corrected chi connectivity index (χ2v) is 2.42. The first kappa shape index (κ1) is 7.79. The molecule has 0 aliphatic carbocycles. The number of hydrogen-bond donors (Lipinski definition) is 0. The van der Waals surface area contributed by atoms with E-state index in [-0.39, 0.29) is 5.82 Å². The quantitative estimate of drug-likeness (QED) is 0.710. The molecule has 2 aromatic rings. The maximum atomic E-state index is 12.7. The van der Waals surface area contributed by atoms with Gasteiger partial charge in [0.2, 0.25) is 0 Å². The highest BCUT2D eigenvalue weighted by Gasteiger charge is 1.99. The van der Waals surface area contributed by atoms with Crippen LogP contribution in [0, 0.1) is 5.82 Å². The highest BCUT2D eigenvalue weighted by atomic mass is 19.1. The van der Waals surface area contributed by atoms with E-state index in [0.29, 0.717) is 11.5 Å². The third-order valence-electron chi connectivity index (χ3n) is 1.44. The molecule has 0 bridgehead atoms. The van der Waals surface area contributed by atoms with Gasteiger partial charge in [-0.05, 0) is 12.1 Å². The van der Waals surface area contributed by atoms with E-state index in [1.165, 1.54) is 24.6 Å². The van der Waals surface area contributed by atoms with E-state index in [9.17, 15) is 4.39 Å². The van der Waals surface area contributed by atoms with Crippen LogP contribution in [0.3, 0.4) is 0 Å². The Bertz CT molecular complexity index is 386. The van der Waals surface area contributed by atoms with Gasteiger partial charge in [-0.25, -0.2) is 4.39 Å². The fraction of sp³-hybridized carbons (Fsp3) is 0. The Hall–Kier alpha value is -1.84. The zero-order valence-electron chi connectivity index (χ0n) is 6.61. The van der Waals surface area contributed by atoms with Crippen molar-refractivity contribution in [3.05, 3.63) is 42.5 Å². The van der Waals surface area contributed by atoms with E-state index in [0.717, 1.165) is 0 Å². The molecule has 0 spiro atoms. The topological polar surface area (TPSA) is 35.3 Å². The van der Waals surface area contributed by atoms with E-state index in [1.807, 2.05) is 0 Å². The van der Waals surface area contributed by atoms with Gasteiger partial charge in [0.1, 0.15) is 17.8 Å². The molecule has 0 N–H and O–H groups in total. The fourth-order valence-corrected chi connectivity index (χ4v) is 0.912. The van der Waals surface area contributed by atoms with Crippen LogP contribution in [0.4, 0.5) is 4.39 Å². The molecule has 0 saturated heterocycles. The van der Waals surface area contributed by atoms with Crippen molar-refractivity contribution >= 4 is 0 Å². The van der Waals surface area contributed by atoms with Crippen molar-refractivity contribution in [3.63, 3.8) is 0 Å². The van der Waals surface area contributed by atoms with Gasteiger partial charge in [0.15, 0.2) is 12.0 Å². The summed E-state index contributed by atoms with van der Waals surface area (Å²) in [7, 11) is 0. The van der Waals surface area contributed by atoms with E-state index in [4.69, 9.17) is 4.74 Å². The molecule has 66 valence electrons. The molecule has 4 heteroatoms. The number of rotatable bonds is 2. The van der Waals surface area contributed by atoms with E-state index in [2.05, 4.69) is 9.68 Å². The average Bonchev–Trinajstić information content (AvgIpc) is 2.57. The van der Waals surface area contributed by atoms with Gasteiger partial charge >= 0.3 is 0 Å². The number of aromatic nitrogens is 1. The van der Waals surface area contributed by atoms with Crippen molar-refractivity contribution in [2.24, 2.45) is 0 Å². The predicted octanol–water partition coefficient (Wildman–Crippen LogP) is 2.61. The summed E-state index contributed by atoms with van der Waals surface area (Å²) < 4.78 is 22.4. The summed E-state index contributed by atoms with van der Waals surface area (Å²) >= 11 is 0. The number of hydrogen-bond acceptors (Lipinski definition) is 3. The standard InChI is InChI=1S/C9H6FNO2/c10-7-2-1-3-8(4-7)13-9-5-11-12-6-9/h1-6H. The summed E-state index contributed by atoms with van der Waals surface area (Å²) in [5, 5.41) is 3.45. The van der Waals surface area contributed by atoms with Gasteiger partial charge in [0.25, 0.3) is 0 Å². The molecule has 2 rings (SSSR count). The van der Waals surface area contributed by atoms with E-state index in [1.54, 1.807) is 12.1 Å². The summed E-state index contributed by atoms with van der Waals surface area (Å²) in [6.07, 6.45) is 2.75. The molecule has 0 fully saturated rings. The van der Waals surface area contributed by atoms with Crippen LogP contribution in [-0.4, -0.2) is 5.16 Å². The molecule has 1 aromatic heterocycles. The first-order valence-electron chi connectivity index (χ1n) is 3.67. The minimum Gasteiger partial charge on any atom is -0.452 e. The second-order valence-electron chi connectivity index (χ2n) is 2.42. The van der Waals surface area contributed by atoms with Crippen molar-refractivity contribution < 1.29 is 13.7 Å². The summed E-state index contributed by atoms with van der Waals surface area (Å²) in [5.74, 6) is 0.530. The monoisotopic (exact) mass is 179 g/mol. The first-order chi connectivity index (χ1) is 6.34. The number of benzene rings is 1. The van der Waals surface area contributed by atoms with Crippen LogP contribution in [0.2, 0.25) is 0 Å². The van der Waals surface area contributed by atoms with Crippen LogP contribution < -0.4 is 4.74 Å².